The molecule has 0 bridgehead atoms. The van der Waals surface area contributed by atoms with Gasteiger partial charge >= 0.3 is 0 Å². The summed E-state index contributed by atoms with van der Waals surface area (Å²) in [4.78, 5) is 34.5. The molecular formula is C25H32N6O2. The molecule has 2 unspecified atom stereocenters. The summed E-state index contributed by atoms with van der Waals surface area (Å²) in [5.41, 5.74) is 2.02. The Hall–Kier alpha value is -3.16. The van der Waals surface area contributed by atoms with E-state index in [1.807, 2.05) is 24.3 Å². The van der Waals surface area contributed by atoms with Gasteiger partial charge in [0.1, 0.15) is 11.6 Å². The van der Waals surface area contributed by atoms with Gasteiger partial charge in [0, 0.05) is 49.4 Å². The van der Waals surface area contributed by atoms with Gasteiger partial charge in [-0.1, -0.05) is 6.42 Å². The molecule has 4 N–H and O–H groups in total. The molecule has 2 amide bonds. The van der Waals surface area contributed by atoms with E-state index in [1.165, 1.54) is 25.7 Å². The highest BCUT2D eigenvalue weighted by Crippen LogP contribution is 2.32. The van der Waals surface area contributed by atoms with Crippen LogP contribution in [0.3, 0.4) is 0 Å². The third kappa shape index (κ3) is 6.00. The first-order valence-electron chi connectivity index (χ1n) is 12.1. The van der Waals surface area contributed by atoms with Crippen molar-refractivity contribution in [3.63, 3.8) is 0 Å². The van der Waals surface area contributed by atoms with Crippen LogP contribution in [0.5, 0.6) is 0 Å². The topological polar surface area (TPSA) is 108 Å². The molecule has 33 heavy (non-hydrogen) atoms. The number of hydrogen-bond donors (Lipinski definition) is 4. The molecule has 3 aliphatic rings. The van der Waals surface area contributed by atoms with E-state index in [1.54, 1.807) is 12.4 Å². The summed E-state index contributed by atoms with van der Waals surface area (Å²) in [6, 6.07) is 8.87. The van der Waals surface area contributed by atoms with Crippen LogP contribution in [0.25, 0.3) is 0 Å². The van der Waals surface area contributed by atoms with E-state index in [-0.39, 0.29) is 23.7 Å². The summed E-state index contributed by atoms with van der Waals surface area (Å²) < 4.78 is 0. The summed E-state index contributed by atoms with van der Waals surface area (Å²) in [6.45, 7) is 0.888. The quantitative estimate of drug-likeness (QED) is 0.445. The number of hydrogen-bond acceptors (Lipinski definition) is 6. The van der Waals surface area contributed by atoms with Crippen LogP contribution in [-0.4, -0.2) is 33.9 Å². The van der Waals surface area contributed by atoms with Crippen molar-refractivity contribution in [2.45, 2.75) is 70.1 Å². The van der Waals surface area contributed by atoms with Crippen LogP contribution < -0.4 is 21.3 Å². The second kappa shape index (κ2) is 9.77. The standard InChI is InChI=1S/C25H32N6O2/c32-24(28-14-16-8-10-26-22(12-16)30-18-4-5-18)20-2-1-3-21(20)25(33)29-15-17-9-11-27-23(13-17)31-19-6-7-19/h8-13,18-21H,1-7,14-15H2,(H,26,30)(H,27,31)(H,28,32)(H,29,33). The van der Waals surface area contributed by atoms with Crippen LogP contribution in [0, 0.1) is 11.8 Å². The Labute approximate surface area is 194 Å². The Bertz CT molecular complexity index is 924. The monoisotopic (exact) mass is 448 g/mol. The van der Waals surface area contributed by atoms with E-state index >= 15 is 0 Å². The summed E-state index contributed by atoms with van der Waals surface area (Å²) in [6.07, 6.45) is 10.7. The minimum atomic E-state index is -0.277. The van der Waals surface area contributed by atoms with Crippen LogP contribution in [0.2, 0.25) is 0 Å². The minimum absolute atomic E-state index is 0.0407. The third-order valence-corrected chi connectivity index (χ3v) is 6.63. The average molecular weight is 449 g/mol. The van der Waals surface area contributed by atoms with Gasteiger partial charge in [0.05, 0.1) is 0 Å². The second-order valence-corrected chi connectivity index (χ2v) is 9.52. The zero-order valence-corrected chi connectivity index (χ0v) is 18.8. The Morgan fingerprint density at radius 3 is 1.61 bits per heavy atom. The fourth-order valence-corrected chi connectivity index (χ4v) is 4.43. The number of rotatable bonds is 10. The average Bonchev–Trinajstić information content (AvgIpc) is 3.76. The van der Waals surface area contributed by atoms with Crippen molar-refractivity contribution >= 4 is 23.5 Å². The first-order valence-corrected chi connectivity index (χ1v) is 12.1. The zero-order chi connectivity index (χ0) is 22.6. The molecule has 8 heteroatoms. The van der Waals surface area contributed by atoms with Crippen molar-refractivity contribution in [3.8, 4) is 0 Å². The van der Waals surface area contributed by atoms with Crippen molar-refractivity contribution in [2.24, 2.45) is 11.8 Å². The molecule has 0 saturated heterocycles. The van der Waals surface area contributed by atoms with Gasteiger partial charge in [-0.25, -0.2) is 9.97 Å². The predicted molar refractivity (Wildman–Crippen MR) is 126 cm³/mol. The van der Waals surface area contributed by atoms with Crippen molar-refractivity contribution in [3.05, 3.63) is 47.8 Å². The molecule has 5 rings (SSSR count). The van der Waals surface area contributed by atoms with Gasteiger partial charge in [-0.3, -0.25) is 9.59 Å². The van der Waals surface area contributed by atoms with Gasteiger partial charge in [0.2, 0.25) is 11.8 Å². The van der Waals surface area contributed by atoms with E-state index in [0.29, 0.717) is 25.2 Å². The Morgan fingerprint density at radius 2 is 1.18 bits per heavy atom. The van der Waals surface area contributed by atoms with E-state index in [0.717, 1.165) is 42.0 Å². The third-order valence-electron chi connectivity index (χ3n) is 6.63. The highest BCUT2D eigenvalue weighted by atomic mass is 16.2. The molecule has 2 atom stereocenters. The Morgan fingerprint density at radius 1 is 0.727 bits per heavy atom. The zero-order valence-electron chi connectivity index (χ0n) is 18.8. The van der Waals surface area contributed by atoms with Gasteiger partial charge in [0.15, 0.2) is 0 Å². The highest BCUT2D eigenvalue weighted by molar-refractivity contribution is 5.88. The molecule has 2 aromatic heterocycles. The lowest BCUT2D eigenvalue weighted by Gasteiger charge is -2.19. The molecule has 8 nitrogen and oxygen atoms in total. The summed E-state index contributed by atoms with van der Waals surface area (Å²) >= 11 is 0. The summed E-state index contributed by atoms with van der Waals surface area (Å²) in [7, 11) is 0. The number of nitrogens with one attached hydrogen (secondary N) is 4. The van der Waals surface area contributed by atoms with Crippen LogP contribution in [0.15, 0.2) is 36.7 Å². The fraction of sp³-hybridized carbons (Fsp3) is 0.520. The number of aromatic nitrogens is 2. The number of carbonyl (C=O) groups is 2. The maximum absolute atomic E-state index is 12.9. The van der Waals surface area contributed by atoms with E-state index in [2.05, 4.69) is 31.2 Å². The maximum atomic E-state index is 12.9. The van der Waals surface area contributed by atoms with Crippen LogP contribution >= 0.6 is 0 Å². The van der Waals surface area contributed by atoms with E-state index in [4.69, 9.17) is 0 Å². The lowest BCUT2D eigenvalue weighted by molar-refractivity contribution is -0.133. The molecule has 0 aliphatic heterocycles. The number of amides is 2. The van der Waals surface area contributed by atoms with Gasteiger partial charge < -0.3 is 21.3 Å². The molecule has 2 aromatic rings. The normalized spacial score (nSPS) is 21.9. The van der Waals surface area contributed by atoms with Gasteiger partial charge in [-0.05, 0) is 73.9 Å². The van der Waals surface area contributed by atoms with E-state index in [9.17, 15) is 9.59 Å². The van der Waals surface area contributed by atoms with Gasteiger partial charge in [-0.2, -0.15) is 0 Å². The lowest BCUT2D eigenvalue weighted by Crippen LogP contribution is -2.39. The molecule has 2 heterocycles. The predicted octanol–water partition coefficient (Wildman–Crippen LogP) is 2.97. The van der Waals surface area contributed by atoms with Gasteiger partial charge in [0.25, 0.3) is 0 Å². The number of anilines is 2. The van der Waals surface area contributed by atoms with Crippen molar-refractivity contribution in [1.29, 1.82) is 0 Å². The molecule has 3 saturated carbocycles. The first-order chi connectivity index (χ1) is 16.1. The van der Waals surface area contributed by atoms with Crippen LogP contribution in [0.4, 0.5) is 11.6 Å². The SMILES string of the molecule is O=C(NCc1ccnc(NC2CC2)c1)C1CCCC1C(=O)NCc1ccnc(NC2CC2)c1. The Balaban J connectivity index is 1.11. The molecule has 0 spiro atoms. The molecule has 174 valence electrons. The molecular weight excluding hydrogens is 416 g/mol. The second-order valence-electron chi connectivity index (χ2n) is 9.52. The van der Waals surface area contributed by atoms with Crippen LogP contribution in [0.1, 0.15) is 56.1 Å². The molecule has 0 aromatic carbocycles. The van der Waals surface area contributed by atoms with Crippen molar-refractivity contribution < 1.29 is 9.59 Å². The maximum Gasteiger partial charge on any atom is 0.224 e. The number of pyridine rings is 2. The highest BCUT2D eigenvalue weighted by Gasteiger charge is 2.37. The van der Waals surface area contributed by atoms with Crippen molar-refractivity contribution in [2.75, 3.05) is 10.6 Å². The largest absolute Gasteiger partial charge is 0.367 e. The first kappa shape index (κ1) is 21.7. The van der Waals surface area contributed by atoms with Crippen molar-refractivity contribution in [1.82, 2.24) is 20.6 Å². The number of nitrogens with zero attached hydrogens (tertiary/aromatic N) is 2. The molecule has 3 fully saturated rings. The number of carbonyl (C=O) groups excluding carboxylic acids is 2. The summed E-state index contributed by atoms with van der Waals surface area (Å²) in [5.74, 6) is 1.07. The lowest BCUT2D eigenvalue weighted by atomic mass is 9.94. The Kier molecular flexibility index (Phi) is 6.41. The fourth-order valence-electron chi connectivity index (χ4n) is 4.43. The van der Waals surface area contributed by atoms with Crippen LogP contribution in [-0.2, 0) is 22.7 Å². The smallest absolute Gasteiger partial charge is 0.224 e. The van der Waals surface area contributed by atoms with E-state index < -0.39 is 0 Å². The summed E-state index contributed by atoms with van der Waals surface area (Å²) in [5, 5.41) is 12.8. The molecule has 3 aliphatic carbocycles. The van der Waals surface area contributed by atoms with Gasteiger partial charge in [-0.15, -0.1) is 0 Å². The molecule has 0 radical (unpaired) electrons. The minimum Gasteiger partial charge on any atom is -0.367 e.